The summed E-state index contributed by atoms with van der Waals surface area (Å²) in [6, 6.07) is 13.0. The van der Waals surface area contributed by atoms with Gasteiger partial charge in [0.15, 0.2) is 5.88 Å². The number of aromatic nitrogens is 4. The first kappa shape index (κ1) is 20.8. The number of nitrogens with two attached hydrogens (primary N) is 1. The van der Waals surface area contributed by atoms with Crippen LogP contribution in [-0.4, -0.2) is 32.6 Å². The van der Waals surface area contributed by atoms with Crippen LogP contribution < -0.4 is 16.2 Å². The van der Waals surface area contributed by atoms with Gasteiger partial charge in [-0.2, -0.15) is 9.36 Å². The van der Waals surface area contributed by atoms with Gasteiger partial charge in [-0.15, -0.1) is 0 Å². The molecular weight excluding hydrogens is 384 g/mol. The Morgan fingerprint density at radius 2 is 1.97 bits per heavy atom. The summed E-state index contributed by atoms with van der Waals surface area (Å²) in [5, 5.41) is 7.66. The first-order valence-electron chi connectivity index (χ1n) is 9.43. The fourth-order valence-electron chi connectivity index (χ4n) is 2.73. The highest BCUT2D eigenvalue weighted by atomic mass is 16.5. The number of rotatable bonds is 8. The van der Waals surface area contributed by atoms with Gasteiger partial charge in [-0.05, 0) is 60.2 Å². The van der Waals surface area contributed by atoms with Crippen molar-refractivity contribution in [2.24, 2.45) is 17.8 Å². The average molecular weight is 408 g/mol. The molecule has 3 rings (SSSR count). The lowest BCUT2D eigenvalue weighted by molar-refractivity contribution is 0.196. The molecule has 0 atom stereocenters. The molecule has 9 nitrogen and oxygen atoms in total. The van der Waals surface area contributed by atoms with E-state index in [9.17, 15) is 4.79 Å². The van der Waals surface area contributed by atoms with Crippen LogP contribution in [0.3, 0.4) is 0 Å². The molecule has 0 fully saturated rings. The number of nitrogens with zero attached hydrogens (tertiary/aromatic N) is 5. The number of aryl methyl sites for hydroxylation is 2. The molecule has 1 aromatic heterocycles. The number of hydrogen-bond acceptors (Lipinski definition) is 7. The molecule has 156 valence electrons. The van der Waals surface area contributed by atoms with E-state index in [1.165, 1.54) is 9.36 Å². The van der Waals surface area contributed by atoms with E-state index in [2.05, 4.69) is 15.4 Å². The minimum Gasteiger partial charge on any atom is -0.494 e. The van der Waals surface area contributed by atoms with Crippen molar-refractivity contribution in [3.8, 4) is 11.4 Å². The van der Waals surface area contributed by atoms with Gasteiger partial charge in [-0.25, -0.2) is 4.79 Å². The highest BCUT2D eigenvalue weighted by molar-refractivity contribution is 5.74. The Kier molecular flexibility index (Phi) is 6.63. The summed E-state index contributed by atoms with van der Waals surface area (Å²) in [5.41, 5.74) is 8.72. The van der Waals surface area contributed by atoms with Crippen LogP contribution in [0.25, 0.3) is 5.69 Å². The predicted molar refractivity (Wildman–Crippen MR) is 114 cm³/mol. The number of hydrogen-bond donors (Lipinski definition) is 1. The largest absolute Gasteiger partial charge is 0.494 e. The molecule has 0 unspecified atom stereocenters. The van der Waals surface area contributed by atoms with Gasteiger partial charge in [0.2, 0.25) is 0 Å². The van der Waals surface area contributed by atoms with Gasteiger partial charge < -0.3 is 15.2 Å². The topological polar surface area (TPSA) is 110 Å². The smallest absolute Gasteiger partial charge is 0.368 e. The number of tetrazole rings is 1. The van der Waals surface area contributed by atoms with Crippen LogP contribution in [0, 0.1) is 6.92 Å². The van der Waals surface area contributed by atoms with Crippen LogP contribution in [0.15, 0.2) is 64.2 Å². The SMILES string of the molecule is CCOc1ccc(N=CC=C(N)OCc2c(C)cccc2-n2nnn(C)c2=O)cc1. The zero-order valence-electron chi connectivity index (χ0n) is 17.1. The maximum atomic E-state index is 12.2. The van der Waals surface area contributed by atoms with Crippen molar-refractivity contribution in [3.63, 3.8) is 0 Å². The van der Waals surface area contributed by atoms with Crippen LogP contribution in [0.4, 0.5) is 5.69 Å². The summed E-state index contributed by atoms with van der Waals surface area (Å²) in [4.78, 5) is 16.5. The zero-order valence-corrected chi connectivity index (χ0v) is 17.1. The Labute approximate surface area is 174 Å². The molecule has 0 saturated heterocycles. The van der Waals surface area contributed by atoms with Gasteiger partial charge in [-0.1, -0.05) is 12.1 Å². The average Bonchev–Trinajstić information content (AvgIpc) is 3.07. The van der Waals surface area contributed by atoms with Crippen molar-refractivity contribution >= 4 is 11.9 Å². The quantitative estimate of drug-likeness (QED) is 0.453. The normalized spacial score (nSPS) is 11.8. The second kappa shape index (κ2) is 9.55. The summed E-state index contributed by atoms with van der Waals surface area (Å²) < 4.78 is 13.5. The van der Waals surface area contributed by atoms with E-state index in [1.54, 1.807) is 25.4 Å². The molecule has 3 aromatic rings. The molecule has 0 bridgehead atoms. The Hall–Kier alpha value is -3.88. The molecule has 0 amide bonds. The van der Waals surface area contributed by atoms with Crippen LogP contribution in [0.1, 0.15) is 18.1 Å². The van der Waals surface area contributed by atoms with Gasteiger partial charge in [-0.3, -0.25) is 4.99 Å². The molecule has 0 spiro atoms. The van der Waals surface area contributed by atoms with Crippen LogP contribution in [-0.2, 0) is 18.4 Å². The number of ether oxygens (including phenoxy) is 2. The van der Waals surface area contributed by atoms with Crippen molar-refractivity contribution < 1.29 is 9.47 Å². The van der Waals surface area contributed by atoms with E-state index >= 15 is 0 Å². The summed E-state index contributed by atoms with van der Waals surface area (Å²) in [5.74, 6) is 0.997. The van der Waals surface area contributed by atoms with Gasteiger partial charge in [0, 0.05) is 24.9 Å². The minimum atomic E-state index is -0.340. The summed E-state index contributed by atoms with van der Waals surface area (Å²) in [6.45, 7) is 4.65. The molecule has 2 aromatic carbocycles. The lowest BCUT2D eigenvalue weighted by Crippen LogP contribution is -2.23. The third-order valence-corrected chi connectivity index (χ3v) is 4.33. The Balaban J connectivity index is 1.69. The molecule has 9 heteroatoms. The predicted octanol–water partition coefficient (Wildman–Crippen LogP) is 2.39. The Morgan fingerprint density at radius 3 is 2.63 bits per heavy atom. The minimum absolute atomic E-state index is 0.171. The van der Waals surface area contributed by atoms with Gasteiger partial charge >= 0.3 is 5.69 Å². The molecule has 2 N–H and O–H groups in total. The zero-order chi connectivity index (χ0) is 21.5. The first-order chi connectivity index (χ1) is 14.5. The Bertz CT molecular complexity index is 1110. The van der Waals surface area contributed by atoms with Gasteiger partial charge in [0.05, 0.1) is 18.0 Å². The molecule has 1 heterocycles. The lowest BCUT2D eigenvalue weighted by Gasteiger charge is -2.12. The van der Waals surface area contributed by atoms with E-state index in [1.807, 2.05) is 50.2 Å². The highest BCUT2D eigenvalue weighted by Gasteiger charge is 2.13. The summed E-state index contributed by atoms with van der Waals surface area (Å²) in [7, 11) is 1.54. The third-order valence-electron chi connectivity index (χ3n) is 4.33. The number of aliphatic imine (C=N–C) groups is 1. The van der Waals surface area contributed by atoms with Crippen molar-refractivity contribution in [3.05, 3.63) is 76.0 Å². The Morgan fingerprint density at radius 1 is 1.20 bits per heavy atom. The highest BCUT2D eigenvalue weighted by Crippen LogP contribution is 2.19. The monoisotopic (exact) mass is 408 g/mol. The van der Waals surface area contributed by atoms with Crippen LogP contribution in [0.5, 0.6) is 5.75 Å². The number of allylic oxidation sites excluding steroid dienone is 1. The van der Waals surface area contributed by atoms with E-state index in [-0.39, 0.29) is 18.2 Å². The molecule has 0 aliphatic carbocycles. The molecule has 0 aliphatic heterocycles. The maximum absolute atomic E-state index is 12.2. The van der Waals surface area contributed by atoms with Crippen LogP contribution in [0.2, 0.25) is 0 Å². The summed E-state index contributed by atoms with van der Waals surface area (Å²) in [6.07, 6.45) is 3.14. The third kappa shape index (κ3) is 4.93. The fraction of sp³-hybridized carbons (Fsp3) is 0.238. The standard InChI is InChI=1S/C21H24N6O3/c1-4-29-17-10-8-16(9-11-17)23-13-12-20(22)30-14-18-15(2)6-5-7-19(18)27-21(28)26(3)24-25-27/h5-13H,4,14,22H2,1-3H3. The maximum Gasteiger partial charge on any atom is 0.368 e. The van der Waals surface area contributed by atoms with E-state index in [4.69, 9.17) is 15.2 Å². The molecule has 0 saturated carbocycles. The fourth-order valence-corrected chi connectivity index (χ4v) is 2.73. The molecule has 30 heavy (non-hydrogen) atoms. The van der Waals surface area contributed by atoms with E-state index in [0.29, 0.717) is 12.3 Å². The first-order valence-corrected chi connectivity index (χ1v) is 9.43. The second-order valence-electron chi connectivity index (χ2n) is 6.43. The molecule has 0 radical (unpaired) electrons. The summed E-state index contributed by atoms with van der Waals surface area (Å²) >= 11 is 0. The van der Waals surface area contributed by atoms with Crippen LogP contribution >= 0.6 is 0 Å². The van der Waals surface area contributed by atoms with Crippen molar-refractivity contribution in [1.82, 2.24) is 19.8 Å². The lowest BCUT2D eigenvalue weighted by atomic mass is 10.1. The second-order valence-corrected chi connectivity index (χ2v) is 6.43. The molecular formula is C21H24N6O3. The van der Waals surface area contributed by atoms with Gasteiger partial charge in [0.1, 0.15) is 12.4 Å². The molecule has 0 aliphatic rings. The van der Waals surface area contributed by atoms with E-state index in [0.717, 1.165) is 22.6 Å². The van der Waals surface area contributed by atoms with E-state index < -0.39 is 0 Å². The van der Waals surface area contributed by atoms with Crippen molar-refractivity contribution in [2.75, 3.05) is 6.61 Å². The number of benzene rings is 2. The van der Waals surface area contributed by atoms with Gasteiger partial charge in [0.25, 0.3) is 0 Å². The van der Waals surface area contributed by atoms with Crippen molar-refractivity contribution in [2.45, 2.75) is 20.5 Å². The van der Waals surface area contributed by atoms with Crippen molar-refractivity contribution in [1.29, 1.82) is 0 Å².